The van der Waals surface area contributed by atoms with Crippen LogP contribution in [0.2, 0.25) is 0 Å². The molecule has 2 aromatic heterocycles. The van der Waals surface area contributed by atoms with Gasteiger partial charge in [0, 0.05) is 25.9 Å². The molecule has 3 rings (SSSR count). The Hall–Kier alpha value is -2.11. The molecule has 2 aromatic rings. The Bertz CT molecular complexity index is 600. The van der Waals surface area contributed by atoms with Gasteiger partial charge in [-0.15, -0.1) is 0 Å². The minimum absolute atomic E-state index is 0.138. The molecule has 1 aliphatic rings. The van der Waals surface area contributed by atoms with Crippen LogP contribution in [0.4, 0.5) is 0 Å². The van der Waals surface area contributed by atoms with E-state index in [1.165, 1.54) is 25.5 Å². The van der Waals surface area contributed by atoms with Crippen molar-refractivity contribution in [2.75, 3.05) is 13.6 Å². The summed E-state index contributed by atoms with van der Waals surface area (Å²) in [5, 5.41) is 4.04. The quantitative estimate of drug-likeness (QED) is 0.849. The first kappa shape index (κ1) is 14.8. The number of likely N-dealkylation sites (N-methyl/N-ethyl adjacent to an activating group) is 1. The molecule has 0 unspecified atom stereocenters. The average molecular weight is 303 g/mol. The third kappa shape index (κ3) is 3.37. The fraction of sp³-hybridized carbons (Fsp3) is 0.562. The zero-order chi connectivity index (χ0) is 15.4. The normalized spacial score (nSPS) is 15.9. The van der Waals surface area contributed by atoms with Crippen molar-refractivity contribution in [2.24, 2.45) is 0 Å². The Morgan fingerprint density at radius 1 is 1.36 bits per heavy atom. The molecule has 6 heteroatoms. The van der Waals surface area contributed by atoms with Crippen molar-refractivity contribution < 1.29 is 13.7 Å². The number of hydrogen-bond acceptors (Lipinski definition) is 5. The van der Waals surface area contributed by atoms with E-state index in [1.807, 2.05) is 0 Å². The van der Waals surface area contributed by atoms with Crippen molar-refractivity contribution in [2.45, 2.75) is 44.4 Å². The summed E-state index contributed by atoms with van der Waals surface area (Å²) in [7, 11) is 1.74. The summed E-state index contributed by atoms with van der Waals surface area (Å²) in [6, 6.07) is 3.37. The van der Waals surface area contributed by atoms with Crippen LogP contribution in [-0.2, 0) is 6.42 Å². The number of hydrogen-bond donors (Lipinski definition) is 0. The van der Waals surface area contributed by atoms with E-state index in [9.17, 15) is 4.79 Å². The van der Waals surface area contributed by atoms with E-state index in [0.717, 1.165) is 18.7 Å². The Kier molecular flexibility index (Phi) is 4.56. The summed E-state index contributed by atoms with van der Waals surface area (Å²) in [4.78, 5) is 18.1. The second kappa shape index (κ2) is 6.77. The van der Waals surface area contributed by atoms with Crippen LogP contribution in [0.25, 0.3) is 0 Å². The van der Waals surface area contributed by atoms with E-state index in [2.05, 4.69) is 10.1 Å². The predicted octanol–water partition coefficient (Wildman–Crippen LogP) is 3.03. The van der Waals surface area contributed by atoms with Crippen molar-refractivity contribution in [1.82, 2.24) is 15.0 Å². The standard InChI is InChI=1S/C16H21N3O3/c1-19(16(20)13-8-5-11-21-13)10-9-14-17-15(22-18-14)12-6-3-2-4-7-12/h5,8,11-12H,2-4,6-7,9-10H2,1H3. The maximum Gasteiger partial charge on any atom is 0.289 e. The number of amides is 1. The first-order valence-corrected chi connectivity index (χ1v) is 7.85. The predicted molar refractivity (Wildman–Crippen MR) is 79.5 cm³/mol. The van der Waals surface area contributed by atoms with Crippen LogP contribution in [0.15, 0.2) is 27.3 Å². The highest BCUT2D eigenvalue weighted by atomic mass is 16.5. The van der Waals surface area contributed by atoms with Gasteiger partial charge in [0.2, 0.25) is 5.89 Å². The molecule has 0 aliphatic heterocycles. The van der Waals surface area contributed by atoms with Gasteiger partial charge in [-0.3, -0.25) is 4.79 Å². The molecule has 0 aromatic carbocycles. The molecule has 0 radical (unpaired) electrons. The molecule has 1 aliphatic carbocycles. The van der Waals surface area contributed by atoms with Gasteiger partial charge in [-0.05, 0) is 25.0 Å². The van der Waals surface area contributed by atoms with E-state index in [4.69, 9.17) is 8.94 Å². The van der Waals surface area contributed by atoms with Gasteiger partial charge in [-0.1, -0.05) is 24.4 Å². The Morgan fingerprint density at radius 2 is 2.18 bits per heavy atom. The number of nitrogens with zero attached hydrogens (tertiary/aromatic N) is 3. The van der Waals surface area contributed by atoms with Gasteiger partial charge < -0.3 is 13.8 Å². The van der Waals surface area contributed by atoms with Gasteiger partial charge in [-0.25, -0.2) is 0 Å². The van der Waals surface area contributed by atoms with Crippen molar-refractivity contribution in [3.63, 3.8) is 0 Å². The summed E-state index contributed by atoms with van der Waals surface area (Å²) in [5.74, 6) is 2.05. The van der Waals surface area contributed by atoms with E-state index in [1.54, 1.807) is 24.1 Å². The highest BCUT2D eigenvalue weighted by Gasteiger charge is 2.22. The van der Waals surface area contributed by atoms with Crippen LogP contribution in [0.3, 0.4) is 0 Å². The highest BCUT2D eigenvalue weighted by molar-refractivity contribution is 5.91. The summed E-state index contributed by atoms with van der Waals surface area (Å²) in [6.45, 7) is 0.531. The Morgan fingerprint density at radius 3 is 2.91 bits per heavy atom. The summed E-state index contributed by atoms with van der Waals surface area (Å²) in [5.41, 5.74) is 0. The average Bonchev–Trinajstić information content (AvgIpc) is 3.24. The fourth-order valence-electron chi connectivity index (χ4n) is 2.84. The molecule has 0 saturated heterocycles. The van der Waals surface area contributed by atoms with Crippen molar-refractivity contribution in [3.05, 3.63) is 35.9 Å². The van der Waals surface area contributed by atoms with Gasteiger partial charge >= 0.3 is 0 Å². The van der Waals surface area contributed by atoms with Crippen LogP contribution in [0.5, 0.6) is 0 Å². The molecule has 1 fully saturated rings. The van der Waals surface area contributed by atoms with Crippen LogP contribution in [0, 0.1) is 0 Å². The zero-order valence-corrected chi connectivity index (χ0v) is 12.8. The molecule has 0 bridgehead atoms. The number of carbonyl (C=O) groups excluding carboxylic acids is 1. The molecule has 0 N–H and O–H groups in total. The summed E-state index contributed by atoms with van der Waals surface area (Å²) >= 11 is 0. The van der Waals surface area contributed by atoms with Gasteiger partial charge in [0.25, 0.3) is 5.91 Å². The van der Waals surface area contributed by atoms with E-state index in [0.29, 0.717) is 30.5 Å². The SMILES string of the molecule is CN(CCc1noc(C2CCCCC2)n1)C(=O)c1ccco1. The number of furan rings is 1. The fourth-order valence-corrected chi connectivity index (χ4v) is 2.84. The lowest BCUT2D eigenvalue weighted by Gasteiger charge is -2.17. The molecular formula is C16H21N3O3. The zero-order valence-electron chi connectivity index (χ0n) is 12.8. The molecule has 0 atom stereocenters. The van der Waals surface area contributed by atoms with Crippen molar-refractivity contribution in [3.8, 4) is 0 Å². The first-order chi connectivity index (χ1) is 10.7. The maximum atomic E-state index is 12.0. The van der Waals surface area contributed by atoms with E-state index in [-0.39, 0.29) is 5.91 Å². The van der Waals surface area contributed by atoms with E-state index < -0.39 is 0 Å². The lowest BCUT2D eigenvalue weighted by molar-refractivity contribution is 0.0764. The molecule has 0 spiro atoms. The second-order valence-corrected chi connectivity index (χ2v) is 5.84. The third-order valence-corrected chi connectivity index (χ3v) is 4.19. The summed E-state index contributed by atoms with van der Waals surface area (Å²) in [6.07, 6.45) is 8.13. The van der Waals surface area contributed by atoms with Crippen LogP contribution >= 0.6 is 0 Å². The van der Waals surface area contributed by atoms with Gasteiger partial charge in [0.1, 0.15) is 0 Å². The van der Waals surface area contributed by atoms with Crippen LogP contribution in [-0.4, -0.2) is 34.5 Å². The minimum Gasteiger partial charge on any atom is -0.459 e. The van der Waals surface area contributed by atoms with Crippen LogP contribution in [0.1, 0.15) is 60.3 Å². The lowest BCUT2D eigenvalue weighted by atomic mass is 9.89. The molecule has 2 heterocycles. The monoisotopic (exact) mass is 303 g/mol. The number of carbonyl (C=O) groups is 1. The van der Waals surface area contributed by atoms with Crippen molar-refractivity contribution in [1.29, 1.82) is 0 Å². The molecule has 6 nitrogen and oxygen atoms in total. The largest absolute Gasteiger partial charge is 0.459 e. The lowest BCUT2D eigenvalue weighted by Crippen LogP contribution is -2.28. The molecular weight excluding hydrogens is 282 g/mol. The summed E-state index contributed by atoms with van der Waals surface area (Å²) < 4.78 is 10.5. The maximum absolute atomic E-state index is 12.0. The third-order valence-electron chi connectivity index (χ3n) is 4.19. The van der Waals surface area contributed by atoms with Crippen molar-refractivity contribution >= 4 is 5.91 Å². The highest BCUT2D eigenvalue weighted by Crippen LogP contribution is 2.31. The molecule has 1 saturated carbocycles. The van der Waals surface area contributed by atoms with Gasteiger partial charge in [0.15, 0.2) is 11.6 Å². The topological polar surface area (TPSA) is 72.4 Å². The van der Waals surface area contributed by atoms with Gasteiger partial charge in [-0.2, -0.15) is 4.98 Å². The number of rotatable bonds is 5. The second-order valence-electron chi connectivity index (χ2n) is 5.84. The molecule has 118 valence electrons. The van der Waals surface area contributed by atoms with E-state index >= 15 is 0 Å². The smallest absolute Gasteiger partial charge is 0.289 e. The number of aromatic nitrogens is 2. The first-order valence-electron chi connectivity index (χ1n) is 7.85. The molecule has 22 heavy (non-hydrogen) atoms. The molecule has 1 amide bonds. The van der Waals surface area contributed by atoms with Gasteiger partial charge in [0.05, 0.1) is 6.26 Å². The Labute approximate surface area is 129 Å². The minimum atomic E-state index is -0.138. The Balaban J connectivity index is 1.53. The van der Waals surface area contributed by atoms with Crippen LogP contribution < -0.4 is 0 Å².